The highest BCUT2D eigenvalue weighted by molar-refractivity contribution is 6.31. The molecule has 0 saturated carbocycles. The van der Waals surface area contributed by atoms with E-state index in [0.29, 0.717) is 27.7 Å². The lowest BCUT2D eigenvalue weighted by molar-refractivity contribution is 0.0730. The molecule has 0 bridgehead atoms. The number of carbonyl (C=O) groups excluding carboxylic acids is 1. The molecule has 4 rings (SSSR count). The third-order valence-corrected chi connectivity index (χ3v) is 5.84. The maximum absolute atomic E-state index is 13.5. The van der Waals surface area contributed by atoms with Crippen LogP contribution < -0.4 is 19.6 Å². The summed E-state index contributed by atoms with van der Waals surface area (Å²) >= 11 is 6.11. The number of benzene rings is 3. The zero-order valence-electron chi connectivity index (χ0n) is 20.1. The molecule has 0 aliphatic carbocycles. The Kier molecular flexibility index (Phi) is 6.59. The van der Waals surface area contributed by atoms with Crippen molar-refractivity contribution >= 4 is 28.5 Å². The zero-order chi connectivity index (χ0) is 25.3. The molecule has 6 nitrogen and oxygen atoms in total. The number of esters is 1. The monoisotopic (exact) mass is 492 g/mol. The molecule has 1 heterocycles. The van der Waals surface area contributed by atoms with E-state index in [0.717, 1.165) is 5.56 Å². The van der Waals surface area contributed by atoms with Crippen LogP contribution in [0.25, 0.3) is 22.3 Å². The Balaban J connectivity index is 1.87. The van der Waals surface area contributed by atoms with Crippen molar-refractivity contribution in [1.29, 1.82) is 0 Å². The Morgan fingerprint density at radius 3 is 2.09 bits per heavy atom. The molecule has 4 aromatic rings. The molecule has 3 aromatic carbocycles. The number of fused-ring (bicyclic) bond motifs is 1. The fourth-order valence-corrected chi connectivity index (χ4v) is 3.80. The first-order chi connectivity index (χ1) is 16.6. The van der Waals surface area contributed by atoms with Gasteiger partial charge in [-0.05, 0) is 41.3 Å². The van der Waals surface area contributed by atoms with Gasteiger partial charge in [-0.15, -0.1) is 0 Å². The normalized spacial score (nSPS) is 11.4. The molecule has 0 radical (unpaired) electrons. The first-order valence-corrected chi connectivity index (χ1v) is 11.3. The van der Waals surface area contributed by atoms with Crippen molar-refractivity contribution in [3.8, 4) is 28.6 Å². The first-order valence-electron chi connectivity index (χ1n) is 10.9. The van der Waals surface area contributed by atoms with Crippen LogP contribution in [0, 0.1) is 0 Å². The summed E-state index contributed by atoms with van der Waals surface area (Å²) in [6, 6.07) is 17.0. The Morgan fingerprint density at radius 1 is 0.886 bits per heavy atom. The van der Waals surface area contributed by atoms with Gasteiger partial charge in [-0.3, -0.25) is 4.79 Å². The minimum absolute atomic E-state index is 0.0553. The third kappa shape index (κ3) is 5.03. The van der Waals surface area contributed by atoms with E-state index >= 15 is 0 Å². The molecule has 0 unspecified atom stereocenters. The lowest BCUT2D eigenvalue weighted by Crippen LogP contribution is -2.16. The SMILES string of the molecule is COc1cc(OC)cc(C(=O)Oc2c(-c3ccc(C(C)(C)C)cc3)oc3ccc(Cl)cc3c2=O)c1. The van der Waals surface area contributed by atoms with Crippen LogP contribution in [-0.4, -0.2) is 20.2 Å². The summed E-state index contributed by atoms with van der Waals surface area (Å²) in [4.78, 5) is 26.6. The quantitative estimate of drug-likeness (QED) is 0.290. The topological polar surface area (TPSA) is 75.0 Å². The Morgan fingerprint density at radius 2 is 1.51 bits per heavy atom. The van der Waals surface area contributed by atoms with E-state index in [1.807, 2.05) is 24.3 Å². The Hall–Kier alpha value is -3.77. The second kappa shape index (κ2) is 9.47. The van der Waals surface area contributed by atoms with Crippen LogP contribution in [0.1, 0.15) is 36.7 Å². The van der Waals surface area contributed by atoms with Gasteiger partial charge in [0, 0.05) is 16.7 Å². The van der Waals surface area contributed by atoms with Crippen molar-refractivity contribution in [3.63, 3.8) is 0 Å². The standard InChI is InChI=1S/C28H25ClO6/c1-28(2,3)18-8-6-16(7-9-18)25-26(24(30)22-14-19(29)10-11-23(22)34-25)35-27(31)17-12-20(32-4)15-21(13-17)33-5/h6-15H,1-5H3. The van der Waals surface area contributed by atoms with Gasteiger partial charge < -0.3 is 18.6 Å². The Labute approximate surface area is 208 Å². The van der Waals surface area contributed by atoms with Gasteiger partial charge in [0.05, 0.1) is 25.2 Å². The van der Waals surface area contributed by atoms with Crippen molar-refractivity contribution in [2.45, 2.75) is 26.2 Å². The molecule has 7 heteroatoms. The summed E-state index contributed by atoms with van der Waals surface area (Å²) in [5.74, 6) is -0.0229. The lowest BCUT2D eigenvalue weighted by Gasteiger charge is -2.19. The predicted molar refractivity (Wildman–Crippen MR) is 136 cm³/mol. The van der Waals surface area contributed by atoms with E-state index in [4.69, 9.17) is 30.2 Å². The molecule has 0 aliphatic rings. The predicted octanol–water partition coefficient (Wildman–Crippen LogP) is 6.65. The zero-order valence-corrected chi connectivity index (χ0v) is 20.9. The fraction of sp³-hybridized carbons (Fsp3) is 0.214. The molecule has 0 atom stereocenters. The summed E-state index contributed by atoms with van der Waals surface area (Å²) in [6.45, 7) is 6.33. The van der Waals surface area contributed by atoms with E-state index in [1.165, 1.54) is 32.4 Å². The van der Waals surface area contributed by atoms with E-state index < -0.39 is 11.4 Å². The molecule has 0 aliphatic heterocycles. The molecule has 1 aromatic heterocycles. The summed E-state index contributed by atoms with van der Waals surface area (Å²) in [5.41, 5.74) is 1.63. The summed E-state index contributed by atoms with van der Waals surface area (Å²) in [5, 5.41) is 0.570. The molecule has 0 spiro atoms. The van der Waals surface area contributed by atoms with Crippen LogP contribution in [-0.2, 0) is 5.41 Å². The molecular weight excluding hydrogens is 468 g/mol. The summed E-state index contributed by atoms with van der Waals surface area (Å²) in [6.07, 6.45) is 0. The number of carbonyl (C=O) groups is 1. The second-order valence-electron chi connectivity index (χ2n) is 9.05. The van der Waals surface area contributed by atoms with Crippen LogP contribution >= 0.6 is 11.6 Å². The highest BCUT2D eigenvalue weighted by Crippen LogP contribution is 2.34. The second-order valence-corrected chi connectivity index (χ2v) is 9.48. The fourth-order valence-electron chi connectivity index (χ4n) is 3.63. The van der Waals surface area contributed by atoms with E-state index in [2.05, 4.69) is 20.8 Å². The van der Waals surface area contributed by atoms with Crippen LogP contribution in [0.15, 0.2) is 69.9 Å². The average Bonchev–Trinajstić information content (AvgIpc) is 2.85. The molecule has 0 amide bonds. The smallest absolute Gasteiger partial charge is 0.344 e. The largest absolute Gasteiger partial charge is 0.497 e. The van der Waals surface area contributed by atoms with Gasteiger partial charge in [-0.25, -0.2) is 4.79 Å². The van der Waals surface area contributed by atoms with Crippen molar-refractivity contribution in [2.75, 3.05) is 14.2 Å². The minimum atomic E-state index is -0.761. The maximum atomic E-state index is 13.5. The van der Waals surface area contributed by atoms with E-state index in [1.54, 1.807) is 18.2 Å². The van der Waals surface area contributed by atoms with Gasteiger partial charge in [0.1, 0.15) is 17.1 Å². The highest BCUT2D eigenvalue weighted by atomic mass is 35.5. The van der Waals surface area contributed by atoms with Gasteiger partial charge in [0.15, 0.2) is 5.76 Å². The van der Waals surface area contributed by atoms with Crippen molar-refractivity contribution in [1.82, 2.24) is 0 Å². The third-order valence-electron chi connectivity index (χ3n) is 5.61. The number of halogens is 1. The number of methoxy groups -OCH3 is 2. The molecule has 0 N–H and O–H groups in total. The summed E-state index contributed by atoms with van der Waals surface area (Å²) in [7, 11) is 2.95. The minimum Gasteiger partial charge on any atom is -0.497 e. The maximum Gasteiger partial charge on any atom is 0.344 e. The average molecular weight is 493 g/mol. The van der Waals surface area contributed by atoms with Crippen LogP contribution in [0.2, 0.25) is 5.02 Å². The van der Waals surface area contributed by atoms with E-state index in [9.17, 15) is 9.59 Å². The van der Waals surface area contributed by atoms with Gasteiger partial charge in [-0.2, -0.15) is 0 Å². The molecule has 0 saturated heterocycles. The van der Waals surface area contributed by atoms with Crippen molar-refractivity contribution in [2.24, 2.45) is 0 Å². The van der Waals surface area contributed by atoms with Gasteiger partial charge in [0.25, 0.3) is 0 Å². The van der Waals surface area contributed by atoms with Gasteiger partial charge in [0.2, 0.25) is 11.2 Å². The number of ether oxygens (including phenoxy) is 3. The molecule has 35 heavy (non-hydrogen) atoms. The van der Waals surface area contributed by atoms with Crippen LogP contribution in [0.4, 0.5) is 0 Å². The lowest BCUT2D eigenvalue weighted by atomic mass is 9.86. The number of hydrogen-bond acceptors (Lipinski definition) is 6. The number of rotatable bonds is 5. The van der Waals surface area contributed by atoms with Crippen molar-refractivity contribution < 1.29 is 23.4 Å². The van der Waals surface area contributed by atoms with Crippen molar-refractivity contribution in [3.05, 3.63) is 87.0 Å². The van der Waals surface area contributed by atoms with Gasteiger partial charge in [-0.1, -0.05) is 56.6 Å². The number of hydrogen-bond donors (Lipinski definition) is 0. The van der Waals surface area contributed by atoms with Crippen LogP contribution in [0.5, 0.6) is 17.2 Å². The van der Waals surface area contributed by atoms with E-state index in [-0.39, 0.29) is 27.9 Å². The highest BCUT2D eigenvalue weighted by Gasteiger charge is 2.23. The van der Waals surface area contributed by atoms with Crippen LogP contribution in [0.3, 0.4) is 0 Å². The molecular formula is C28H25ClO6. The first kappa shape index (κ1) is 24.4. The molecule has 180 valence electrons. The summed E-state index contributed by atoms with van der Waals surface area (Å²) < 4.78 is 22.2. The van der Waals surface area contributed by atoms with Gasteiger partial charge >= 0.3 is 5.97 Å². The molecule has 0 fully saturated rings. The Bertz CT molecular complexity index is 1440.